The summed E-state index contributed by atoms with van der Waals surface area (Å²) in [5.74, 6) is 0.870. The molecular formula is C19H25N3O2. The van der Waals surface area contributed by atoms with E-state index in [1.807, 2.05) is 36.9 Å². The summed E-state index contributed by atoms with van der Waals surface area (Å²) in [5.41, 5.74) is 3.88. The molecule has 2 aromatic rings. The number of ether oxygens (including phenoxy) is 1. The molecule has 1 aliphatic rings. The number of hydrogen-bond acceptors (Lipinski definition) is 3. The normalized spacial score (nSPS) is 14.3. The maximum Gasteiger partial charge on any atom is 0.248 e. The highest BCUT2D eigenvalue weighted by Gasteiger charge is 2.29. The summed E-state index contributed by atoms with van der Waals surface area (Å²) in [6.07, 6.45) is 0. The molecule has 2 heterocycles. The predicted molar refractivity (Wildman–Crippen MR) is 94.7 cm³/mol. The van der Waals surface area contributed by atoms with E-state index in [4.69, 9.17) is 4.74 Å². The van der Waals surface area contributed by atoms with Gasteiger partial charge in [0.25, 0.3) is 0 Å². The zero-order valence-electron chi connectivity index (χ0n) is 15.1. The van der Waals surface area contributed by atoms with Gasteiger partial charge in [0.15, 0.2) is 0 Å². The summed E-state index contributed by atoms with van der Waals surface area (Å²) >= 11 is 0. The monoisotopic (exact) mass is 327 g/mol. The Morgan fingerprint density at radius 3 is 2.67 bits per heavy atom. The number of fused-ring (bicyclic) bond motifs is 1. The van der Waals surface area contributed by atoms with Crippen LogP contribution in [0.1, 0.15) is 37.7 Å². The second-order valence-electron chi connectivity index (χ2n) is 7.38. The fourth-order valence-corrected chi connectivity index (χ4v) is 3.15. The smallest absolute Gasteiger partial charge is 0.248 e. The number of carbonyl (C=O) groups is 1. The van der Waals surface area contributed by atoms with Crippen molar-refractivity contribution < 1.29 is 9.53 Å². The SMILES string of the molecule is Cc1cc(C)n(CC(=O)N2CCOc3c2cccc3C(C)(C)C)n1. The number of rotatable bonds is 2. The Morgan fingerprint density at radius 2 is 2.04 bits per heavy atom. The summed E-state index contributed by atoms with van der Waals surface area (Å²) in [7, 11) is 0. The van der Waals surface area contributed by atoms with Gasteiger partial charge in [0, 0.05) is 11.3 Å². The Morgan fingerprint density at radius 1 is 1.29 bits per heavy atom. The van der Waals surface area contributed by atoms with Gasteiger partial charge in [-0.25, -0.2) is 0 Å². The molecule has 0 saturated heterocycles. The quantitative estimate of drug-likeness (QED) is 0.851. The standard InChI is InChI=1S/C19H25N3O2/c1-13-11-14(2)22(20-13)12-17(23)21-9-10-24-18-15(19(3,4)5)7-6-8-16(18)21/h6-8,11H,9-10,12H2,1-5H3. The third-order valence-electron chi connectivity index (χ3n) is 4.34. The van der Waals surface area contributed by atoms with Crippen LogP contribution in [-0.2, 0) is 16.8 Å². The molecule has 1 aliphatic heterocycles. The Kier molecular flexibility index (Phi) is 4.11. The number of aryl methyl sites for hydroxylation is 2. The van der Waals surface area contributed by atoms with Gasteiger partial charge in [-0.3, -0.25) is 9.48 Å². The fraction of sp³-hybridized carbons (Fsp3) is 0.474. The van der Waals surface area contributed by atoms with Crippen LogP contribution in [0.5, 0.6) is 5.75 Å². The van der Waals surface area contributed by atoms with Gasteiger partial charge in [-0.2, -0.15) is 5.10 Å². The number of anilines is 1. The van der Waals surface area contributed by atoms with Gasteiger partial charge in [0.2, 0.25) is 5.91 Å². The molecular weight excluding hydrogens is 302 g/mol. The van der Waals surface area contributed by atoms with Crippen LogP contribution in [-0.4, -0.2) is 28.8 Å². The van der Waals surface area contributed by atoms with E-state index in [9.17, 15) is 4.79 Å². The fourth-order valence-electron chi connectivity index (χ4n) is 3.15. The van der Waals surface area contributed by atoms with Crippen molar-refractivity contribution in [3.63, 3.8) is 0 Å². The maximum absolute atomic E-state index is 12.9. The molecule has 0 radical (unpaired) electrons. The number of carbonyl (C=O) groups excluding carboxylic acids is 1. The third kappa shape index (κ3) is 3.03. The zero-order chi connectivity index (χ0) is 17.5. The van der Waals surface area contributed by atoms with Gasteiger partial charge < -0.3 is 9.64 Å². The van der Waals surface area contributed by atoms with Crippen LogP contribution in [0.3, 0.4) is 0 Å². The molecule has 5 heteroatoms. The molecule has 1 aromatic heterocycles. The number of hydrogen-bond donors (Lipinski definition) is 0. The average Bonchev–Trinajstić information content (AvgIpc) is 2.82. The highest BCUT2D eigenvalue weighted by Crippen LogP contribution is 2.40. The molecule has 0 N–H and O–H groups in total. The number of aromatic nitrogens is 2. The molecule has 0 bridgehead atoms. The van der Waals surface area contributed by atoms with Crippen LogP contribution in [0.2, 0.25) is 0 Å². The minimum Gasteiger partial charge on any atom is -0.489 e. The van der Waals surface area contributed by atoms with Crippen molar-refractivity contribution in [2.24, 2.45) is 0 Å². The topological polar surface area (TPSA) is 47.4 Å². The van der Waals surface area contributed by atoms with E-state index in [2.05, 4.69) is 31.9 Å². The van der Waals surface area contributed by atoms with Crippen LogP contribution < -0.4 is 9.64 Å². The Labute approximate surface area is 143 Å². The molecule has 0 saturated carbocycles. The lowest BCUT2D eigenvalue weighted by Crippen LogP contribution is -2.40. The summed E-state index contributed by atoms with van der Waals surface area (Å²) in [6.45, 7) is 11.7. The largest absolute Gasteiger partial charge is 0.489 e. The average molecular weight is 327 g/mol. The Bertz CT molecular complexity index is 771. The van der Waals surface area contributed by atoms with Crippen LogP contribution >= 0.6 is 0 Å². The first-order chi connectivity index (χ1) is 11.3. The van der Waals surface area contributed by atoms with E-state index in [1.165, 1.54) is 0 Å². The highest BCUT2D eigenvalue weighted by molar-refractivity contribution is 5.95. The van der Waals surface area contributed by atoms with E-state index in [0.717, 1.165) is 28.4 Å². The molecule has 1 aromatic carbocycles. The molecule has 0 atom stereocenters. The lowest BCUT2D eigenvalue weighted by molar-refractivity contribution is -0.119. The van der Waals surface area contributed by atoms with Gasteiger partial charge in [0.1, 0.15) is 18.9 Å². The molecule has 1 amide bonds. The first-order valence-corrected chi connectivity index (χ1v) is 8.35. The van der Waals surface area contributed by atoms with E-state index >= 15 is 0 Å². The number of para-hydroxylation sites is 1. The molecule has 0 fully saturated rings. The predicted octanol–water partition coefficient (Wildman–Crippen LogP) is 3.22. The van der Waals surface area contributed by atoms with Gasteiger partial charge in [-0.15, -0.1) is 0 Å². The minimum atomic E-state index is -0.0346. The Hall–Kier alpha value is -2.30. The summed E-state index contributed by atoms with van der Waals surface area (Å²) in [5, 5.41) is 4.40. The minimum absolute atomic E-state index is 0.0346. The van der Waals surface area contributed by atoms with Crippen molar-refractivity contribution >= 4 is 11.6 Å². The number of benzene rings is 1. The number of nitrogens with zero attached hydrogens (tertiary/aromatic N) is 3. The Balaban J connectivity index is 1.92. The van der Waals surface area contributed by atoms with E-state index < -0.39 is 0 Å². The van der Waals surface area contributed by atoms with Crippen molar-refractivity contribution in [1.29, 1.82) is 0 Å². The van der Waals surface area contributed by atoms with Crippen LogP contribution in [0.15, 0.2) is 24.3 Å². The molecule has 3 rings (SSSR count). The molecule has 0 spiro atoms. The van der Waals surface area contributed by atoms with Crippen LogP contribution in [0.25, 0.3) is 0 Å². The van der Waals surface area contributed by atoms with E-state index in [0.29, 0.717) is 13.2 Å². The van der Waals surface area contributed by atoms with E-state index in [1.54, 1.807) is 4.68 Å². The van der Waals surface area contributed by atoms with Gasteiger partial charge in [-0.05, 0) is 31.4 Å². The van der Waals surface area contributed by atoms with E-state index in [-0.39, 0.29) is 17.9 Å². The third-order valence-corrected chi connectivity index (χ3v) is 4.34. The molecule has 5 nitrogen and oxygen atoms in total. The first kappa shape index (κ1) is 16.6. The van der Waals surface area contributed by atoms with Crippen molar-refractivity contribution in [3.05, 3.63) is 41.2 Å². The van der Waals surface area contributed by atoms with Gasteiger partial charge in [-0.1, -0.05) is 32.9 Å². The second-order valence-corrected chi connectivity index (χ2v) is 7.38. The highest BCUT2D eigenvalue weighted by atomic mass is 16.5. The lowest BCUT2D eigenvalue weighted by Gasteiger charge is -2.33. The van der Waals surface area contributed by atoms with Crippen molar-refractivity contribution in [2.45, 2.75) is 46.6 Å². The molecule has 24 heavy (non-hydrogen) atoms. The first-order valence-electron chi connectivity index (χ1n) is 8.35. The van der Waals surface area contributed by atoms with Crippen molar-refractivity contribution in [2.75, 3.05) is 18.1 Å². The summed E-state index contributed by atoms with van der Waals surface area (Å²) < 4.78 is 7.69. The summed E-state index contributed by atoms with van der Waals surface area (Å²) in [6, 6.07) is 8.02. The molecule has 128 valence electrons. The van der Waals surface area contributed by atoms with Crippen molar-refractivity contribution in [3.8, 4) is 5.75 Å². The molecule has 0 unspecified atom stereocenters. The van der Waals surface area contributed by atoms with Gasteiger partial charge >= 0.3 is 0 Å². The van der Waals surface area contributed by atoms with Crippen LogP contribution in [0, 0.1) is 13.8 Å². The van der Waals surface area contributed by atoms with Gasteiger partial charge in [0.05, 0.1) is 17.9 Å². The zero-order valence-corrected chi connectivity index (χ0v) is 15.1. The molecule has 0 aliphatic carbocycles. The maximum atomic E-state index is 12.9. The van der Waals surface area contributed by atoms with Crippen molar-refractivity contribution in [1.82, 2.24) is 9.78 Å². The number of amides is 1. The second kappa shape index (κ2) is 5.96. The summed E-state index contributed by atoms with van der Waals surface area (Å²) in [4.78, 5) is 14.7. The van der Waals surface area contributed by atoms with Crippen LogP contribution in [0.4, 0.5) is 5.69 Å². The lowest BCUT2D eigenvalue weighted by atomic mass is 9.85.